The Bertz CT molecular complexity index is 528. The van der Waals surface area contributed by atoms with Gasteiger partial charge in [-0.25, -0.2) is 19.4 Å². The lowest BCUT2D eigenvalue weighted by Crippen LogP contribution is -2.11. The first-order valence-electron chi connectivity index (χ1n) is 5.80. The molecule has 0 saturated carbocycles. The van der Waals surface area contributed by atoms with Gasteiger partial charge in [-0.15, -0.1) is 0 Å². The molecule has 0 fully saturated rings. The quantitative estimate of drug-likeness (QED) is 0.518. The highest BCUT2D eigenvalue weighted by Gasteiger charge is 2.12. The molecule has 2 aromatic carbocycles. The van der Waals surface area contributed by atoms with Crippen LogP contribution < -0.4 is 0 Å². The molecule has 108 valence electrons. The second kappa shape index (κ2) is 8.87. The number of benzene rings is 2. The van der Waals surface area contributed by atoms with Crippen molar-refractivity contribution in [3.63, 3.8) is 0 Å². The third-order valence-corrected chi connectivity index (χ3v) is 2.21. The van der Waals surface area contributed by atoms with Gasteiger partial charge in [0.25, 0.3) is 6.47 Å². The second-order valence-corrected chi connectivity index (χ2v) is 3.58. The molecule has 0 saturated heterocycles. The minimum atomic E-state index is -0.708. The first-order chi connectivity index (χ1) is 10.2. The maximum absolute atomic E-state index is 11.5. The van der Waals surface area contributed by atoms with Gasteiger partial charge in [0.15, 0.2) is 0 Å². The normalized spacial score (nSPS) is 8.76. The summed E-state index contributed by atoms with van der Waals surface area (Å²) >= 11 is 0. The average Bonchev–Trinajstić information content (AvgIpc) is 2.54. The molecule has 0 heterocycles. The smallest absolute Gasteiger partial charge is 0.386 e. The Morgan fingerprint density at radius 3 is 1.33 bits per heavy atom. The van der Waals surface area contributed by atoms with Crippen molar-refractivity contribution in [1.82, 2.24) is 0 Å². The van der Waals surface area contributed by atoms with E-state index in [1.165, 1.54) is 0 Å². The van der Waals surface area contributed by atoms with E-state index >= 15 is 0 Å². The SMILES string of the molecule is O=C(OOC(=O)c1ccccc1)c1ccccc1.O=CO. The topological polar surface area (TPSA) is 89.9 Å². The Morgan fingerprint density at radius 1 is 0.762 bits per heavy atom. The van der Waals surface area contributed by atoms with Crippen LogP contribution >= 0.6 is 0 Å². The minimum Gasteiger partial charge on any atom is -0.483 e. The molecule has 21 heavy (non-hydrogen) atoms. The third-order valence-electron chi connectivity index (χ3n) is 2.21. The summed E-state index contributed by atoms with van der Waals surface area (Å²) in [5.74, 6) is -1.42. The van der Waals surface area contributed by atoms with E-state index in [0.29, 0.717) is 11.1 Å². The molecule has 0 aromatic heterocycles. The van der Waals surface area contributed by atoms with Gasteiger partial charge in [-0.1, -0.05) is 36.4 Å². The zero-order chi connectivity index (χ0) is 15.5. The van der Waals surface area contributed by atoms with Crippen molar-refractivity contribution in [3.8, 4) is 0 Å². The molecule has 0 atom stereocenters. The number of carboxylic acid groups (broad SMARTS) is 1. The molecule has 0 amide bonds. The zero-order valence-electron chi connectivity index (χ0n) is 10.8. The van der Waals surface area contributed by atoms with Crippen LogP contribution in [0.1, 0.15) is 20.7 Å². The van der Waals surface area contributed by atoms with Crippen molar-refractivity contribution in [1.29, 1.82) is 0 Å². The van der Waals surface area contributed by atoms with Crippen molar-refractivity contribution in [2.75, 3.05) is 0 Å². The van der Waals surface area contributed by atoms with Gasteiger partial charge in [-0.05, 0) is 24.3 Å². The standard InChI is InChI=1S/C14H10O4.CH2O2/c15-13(11-7-3-1-4-8-11)17-18-14(16)12-9-5-2-6-10-12;2-1-3/h1-10H;1H,(H,2,3). The van der Waals surface area contributed by atoms with Gasteiger partial charge >= 0.3 is 11.9 Å². The highest BCUT2D eigenvalue weighted by atomic mass is 17.2. The summed E-state index contributed by atoms with van der Waals surface area (Å²) < 4.78 is 0. The largest absolute Gasteiger partial charge is 0.483 e. The van der Waals surface area contributed by atoms with Gasteiger partial charge in [-0.2, -0.15) is 0 Å². The Morgan fingerprint density at radius 2 is 1.05 bits per heavy atom. The van der Waals surface area contributed by atoms with Crippen LogP contribution in [0.4, 0.5) is 0 Å². The van der Waals surface area contributed by atoms with Gasteiger partial charge in [-0.3, -0.25) is 4.79 Å². The summed E-state index contributed by atoms with van der Waals surface area (Å²) in [4.78, 5) is 40.2. The fourth-order valence-electron chi connectivity index (χ4n) is 1.32. The van der Waals surface area contributed by atoms with Gasteiger partial charge in [0.2, 0.25) is 0 Å². The number of hydrogen-bond acceptors (Lipinski definition) is 5. The molecule has 0 radical (unpaired) electrons. The number of hydrogen-bond donors (Lipinski definition) is 1. The summed E-state index contributed by atoms with van der Waals surface area (Å²) in [6, 6.07) is 16.6. The van der Waals surface area contributed by atoms with Crippen LogP contribution in [0.5, 0.6) is 0 Å². The highest BCUT2D eigenvalue weighted by molar-refractivity contribution is 5.92. The van der Waals surface area contributed by atoms with Crippen LogP contribution in [0.15, 0.2) is 60.7 Å². The molecule has 6 heteroatoms. The lowest BCUT2D eigenvalue weighted by molar-refractivity contribution is -0.187. The molecule has 2 rings (SSSR count). The van der Waals surface area contributed by atoms with Gasteiger partial charge < -0.3 is 5.11 Å². The molecule has 0 unspecified atom stereocenters. The Kier molecular flexibility index (Phi) is 6.72. The van der Waals surface area contributed by atoms with Crippen LogP contribution in [-0.2, 0) is 14.6 Å². The number of carbonyl (C=O) groups excluding carboxylic acids is 2. The Balaban J connectivity index is 0.000000677. The summed E-state index contributed by atoms with van der Waals surface area (Å²) in [7, 11) is 0. The van der Waals surface area contributed by atoms with Crippen molar-refractivity contribution in [2.45, 2.75) is 0 Å². The maximum atomic E-state index is 11.5. The van der Waals surface area contributed by atoms with Crippen molar-refractivity contribution in [2.24, 2.45) is 0 Å². The first kappa shape index (κ1) is 15.9. The number of carbonyl (C=O) groups is 3. The molecular formula is C15H12O6. The fraction of sp³-hybridized carbons (Fsp3) is 0. The van der Waals surface area contributed by atoms with Gasteiger partial charge in [0.05, 0.1) is 11.1 Å². The maximum Gasteiger partial charge on any atom is 0.386 e. The van der Waals surface area contributed by atoms with E-state index in [0.717, 1.165) is 0 Å². The first-order valence-corrected chi connectivity index (χ1v) is 5.80. The molecule has 2 aromatic rings. The van der Waals surface area contributed by atoms with Crippen molar-refractivity contribution < 1.29 is 29.3 Å². The van der Waals surface area contributed by atoms with Gasteiger partial charge in [0, 0.05) is 0 Å². The highest BCUT2D eigenvalue weighted by Crippen LogP contribution is 2.05. The predicted octanol–water partition coefficient (Wildman–Crippen LogP) is 2.32. The molecule has 0 aliphatic heterocycles. The molecular weight excluding hydrogens is 276 g/mol. The van der Waals surface area contributed by atoms with Crippen LogP contribution in [0.25, 0.3) is 0 Å². The predicted molar refractivity (Wildman–Crippen MR) is 72.4 cm³/mol. The summed E-state index contributed by atoms with van der Waals surface area (Å²) in [5, 5.41) is 6.89. The van der Waals surface area contributed by atoms with E-state index in [1.54, 1.807) is 60.7 Å². The van der Waals surface area contributed by atoms with E-state index in [-0.39, 0.29) is 6.47 Å². The lowest BCUT2D eigenvalue weighted by Gasteiger charge is -2.02. The van der Waals surface area contributed by atoms with E-state index in [4.69, 9.17) is 9.90 Å². The molecule has 0 bridgehead atoms. The minimum absolute atomic E-state index is 0.250. The third kappa shape index (κ3) is 5.56. The Labute approximate surface area is 120 Å². The van der Waals surface area contributed by atoms with E-state index in [2.05, 4.69) is 9.78 Å². The average molecular weight is 288 g/mol. The van der Waals surface area contributed by atoms with Gasteiger partial charge in [0.1, 0.15) is 0 Å². The monoisotopic (exact) mass is 288 g/mol. The molecule has 0 aliphatic carbocycles. The molecule has 0 spiro atoms. The van der Waals surface area contributed by atoms with E-state index in [1.807, 2.05) is 0 Å². The number of rotatable bonds is 2. The summed E-state index contributed by atoms with van der Waals surface area (Å²) in [6.45, 7) is -0.250. The summed E-state index contributed by atoms with van der Waals surface area (Å²) in [6.07, 6.45) is 0. The zero-order valence-corrected chi connectivity index (χ0v) is 10.8. The molecule has 6 nitrogen and oxygen atoms in total. The van der Waals surface area contributed by atoms with E-state index in [9.17, 15) is 9.59 Å². The lowest BCUT2D eigenvalue weighted by atomic mass is 10.2. The van der Waals surface area contributed by atoms with E-state index < -0.39 is 11.9 Å². The van der Waals surface area contributed by atoms with Crippen LogP contribution in [-0.4, -0.2) is 23.5 Å². The van der Waals surface area contributed by atoms with Crippen LogP contribution in [0.2, 0.25) is 0 Å². The fourth-order valence-corrected chi connectivity index (χ4v) is 1.32. The summed E-state index contributed by atoms with van der Waals surface area (Å²) in [5.41, 5.74) is 0.636. The van der Waals surface area contributed by atoms with Crippen molar-refractivity contribution in [3.05, 3.63) is 71.8 Å². The van der Waals surface area contributed by atoms with Crippen LogP contribution in [0.3, 0.4) is 0 Å². The molecule has 0 aliphatic rings. The molecule has 1 N–H and O–H groups in total. The Hall–Kier alpha value is -3.15. The second-order valence-electron chi connectivity index (χ2n) is 3.58. The van der Waals surface area contributed by atoms with Crippen LogP contribution in [0, 0.1) is 0 Å². The van der Waals surface area contributed by atoms with Crippen molar-refractivity contribution >= 4 is 18.4 Å².